The number of H-pyrrole nitrogens is 1. The third kappa shape index (κ3) is 3.19. The summed E-state index contributed by atoms with van der Waals surface area (Å²) in [6.45, 7) is 3.18. The molecule has 0 spiro atoms. The standard InChI is InChI=1S/C12H16N2O4/c1-3-8(2)14(7-10(15)16)12(18)9-5-4-6-13-11(9)17/h4-6,8H,3,7H2,1-2H3,(H,13,17)(H,15,16). The van der Waals surface area contributed by atoms with Crippen LogP contribution in [0.2, 0.25) is 0 Å². The Hall–Kier alpha value is -2.11. The van der Waals surface area contributed by atoms with Gasteiger partial charge in [0.05, 0.1) is 0 Å². The number of aromatic amines is 1. The Morgan fingerprint density at radius 1 is 1.50 bits per heavy atom. The lowest BCUT2D eigenvalue weighted by Crippen LogP contribution is -2.43. The topological polar surface area (TPSA) is 90.5 Å². The number of nitrogens with one attached hydrogen (secondary N) is 1. The quantitative estimate of drug-likeness (QED) is 0.807. The SMILES string of the molecule is CCC(C)N(CC(=O)O)C(=O)c1ccc[nH]c1=O. The molecule has 0 radical (unpaired) electrons. The predicted molar refractivity (Wildman–Crippen MR) is 65.5 cm³/mol. The van der Waals surface area contributed by atoms with Crippen molar-refractivity contribution in [2.24, 2.45) is 0 Å². The first kappa shape index (κ1) is 14.0. The Morgan fingerprint density at radius 2 is 2.17 bits per heavy atom. The van der Waals surface area contributed by atoms with E-state index in [0.29, 0.717) is 6.42 Å². The fourth-order valence-electron chi connectivity index (χ4n) is 1.54. The van der Waals surface area contributed by atoms with Crippen molar-refractivity contribution in [3.63, 3.8) is 0 Å². The van der Waals surface area contributed by atoms with Gasteiger partial charge in [-0.2, -0.15) is 0 Å². The number of rotatable bonds is 5. The third-order valence-corrected chi connectivity index (χ3v) is 2.74. The van der Waals surface area contributed by atoms with Crippen molar-refractivity contribution in [2.45, 2.75) is 26.3 Å². The van der Waals surface area contributed by atoms with Gasteiger partial charge in [0, 0.05) is 12.2 Å². The number of carboxylic acid groups (broad SMARTS) is 1. The lowest BCUT2D eigenvalue weighted by Gasteiger charge is -2.26. The van der Waals surface area contributed by atoms with Crippen LogP contribution in [-0.2, 0) is 4.79 Å². The highest BCUT2D eigenvalue weighted by atomic mass is 16.4. The van der Waals surface area contributed by atoms with E-state index >= 15 is 0 Å². The number of amides is 1. The van der Waals surface area contributed by atoms with Crippen molar-refractivity contribution in [3.05, 3.63) is 34.2 Å². The molecule has 6 heteroatoms. The Balaban J connectivity index is 3.06. The number of carboxylic acids is 1. The number of aromatic nitrogens is 1. The lowest BCUT2D eigenvalue weighted by molar-refractivity contribution is -0.138. The van der Waals surface area contributed by atoms with E-state index in [4.69, 9.17) is 5.11 Å². The maximum Gasteiger partial charge on any atom is 0.323 e. The van der Waals surface area contributed by atoms with Gasteiger partial charge < -0.3 is 15.0 Å². The van der Waals surface area contributed by atoms with Gasteiger partial charge in [-0.25, -0.2) is 0 Å². The van der Waals surface area contributed by atoms with E-state index in [1.54, 1.807) is 6.92 Å². The zero-order chi connectivity index (χ0) is 13.7. The monoisotopic (exact) mass is 252 g/mol. The van der Waals surface area contributed by atoms with E-state index < -0.39 is 24.0 Å². The Kier molecular flexibility index (Phi) is 4.65. The van der Waals surface area contributed by atoms with Crippen LogP contribution in [0.3, 0.4) is 0 Å². The van der Waals surface area contributed by atoms with Gasteiger partial charge in [0.2, 0.25) is 0 Å². The highest BCUT2D eigenvalue weighted by molar-refractivity contribution is 5.95. The van der Waals surface area contributed by atoms with Gasteiger partial charge >= 0.3 is 5.97 Å². The van der Waals surface area contributed by atoms with Crippen molar-refractivity contribution in [1.29, 1.82) is 0 Å². The number of aliphatic carboxylic acids is 1. The fourth-order valence-corrected chi connectivity index (χ4v) is 1.54. The average Bonchev–Trinajstić information content (AvgIpc) is 2.34. The maximum absolute atomic E-state index is 12.1. The van der Waals surface area contributed by atoms with E-state index in [2.05, 4.69) is 4.98 Å². The first-order valence-corrected chi connectivity index (χ1v) is 5.67. The van der Waals surface area contributed by atoms with Gasteiger partial charge in [-0.1, -0.05) is 6.92 Å². The molecule has 0 aromatic carbocycles. The summed E-state index contributed by atoms with van der Waals surface area (Å²) in [5.74, 6) is -1.66. The molecule has 0 aliphatic heterocycles. The Morgan fingerprint density at radius 3 is 2.67 bits per heavy atom. The Bertz CT molecular complexity index is 495. The molecule has 0 bridgehead atoms. The van der Waals surface area contributed by atoms with Crippen molar-refractivity contribution < 1.29 is 14.7 Å². The molecule has 1 rings (SSSR count). The van der Waals surface area contributed by atoms with Crippen LogP contribution in [0.4, 0.5) is 0 Å². The predicted octanol–water partition coefficient (Wildman–Crippen LogP) is 0.700. The van der Waals surface area contributed by atoms with Crippen LogP contribution in [0.5, 0.6) is 0 Å². The first-order chi connectivity index (χ1) is 8.47. The highest BCUT2D eigenvalue weighted by Gasteiger charge is 2.24. The second-order valence-electron chi connectivity index (χ2n) is 4.00. The molecule has 1 amide bonds. The number of hydrogen-bond donors (Lipinski definition) is 2. The number of nitrogens with zero attached hydrogens (tertiary/aromatic N) is 1. The van der Waals surface area contributed by atoms with Gasteiger partial charge in [0.15, 0.2) is 0 Å². The molecule has 0 aliphatic carbocycles. The molecule has 1 aromatic rings. The number of pyridine rings is 1. The van der Waals surface area contributed by atoms with Crippen LogP contribution in [-0.4, -0.2) is 39.5 Å². The summed E-state index contributed by atoms with van der Waals surface area (Å²) < 4.78 is 0. The largest absolute Gasteiger partial charge is 0.480 e. The first-order valence-electron chi connectivity index (χ1n) is 5.67. The molecule has 0 saturated carbocycles. The van der Waals surface area contributed by atoms with Crippen LogP contribution in [0.1, 0.15) is 30.6 Å². The van der Waals surface area contributed by atoms with E-state index in [9.17, 15) is 14.4 Å². The van der Waals surface area contributed by atoms with Crippen molar-refractivity contribution >= 4 is 11.9 Å². The second-order valence-corrected chi connectivity index (χ2v) is 4.00. The summed E-state index contributed by atoms with van der Waals surface area (Å²) in [5, 5.41) is 8.81. The van der Waals surface area contributed by atoms with Crippen LogP contribution < -0.4 is 5.56 Å². The van der Waals surface area contributed by atoms with Gasteiger partial charge in [-0.05, 0) is 25.5 Å². The van der Waals surface area contributed by atoms with Crippen molar-refractivity contribution in [1.82, 2.24) is 9.88 Å². The summed E-state index contributed by atoms with van der Waals surface area (Å²) in [5.41, 5.74) is -0.555. The smallest absolute Gasteiger partial charge is 0.323 e. The molecule has 0 fully saturated rings. The molecule has 1 unspecified atom stereocenters. The van der Waals surface area contributed by atoms with Gasteiger partial charge in [0.1, 0.15) is 12.1 Å². The normalized spacial score (nSPS) is 11.9. The average molecular weight is 252 g/mol. The molecular weight excluding hydrogens is 236 g/mol. The summed E-state index contributed by atoms with van der Waals surface area (Å²) in [7, 11) is 0. The summed E-state index contributed by atoms with van der Waals surface area (Å²) in [6.07, 6.45) is 2.04. The second kappa shape index (κ2) is 6.00. The zero-order valence-electron chi connectivity index (χ0n) is 10.3. The van der Waals surface area contributed by atoms with Crippen LogP contribution in [0, 0.1) is 0 Å². The van der Waals surface area contributed by atoms with E-state index in [-0.39, 0.29) is 11.6 Å². The number of carbonyl (C=O) groups is 2. The summed E-state index contributed by atoms with van der Waals surface area (Å²) in [6, 6.07) is 2.68. The van der Waals surface area contributed by atoms with E-state index in [1.807, 2.05) is 6.92 Å². The van der Waals surface area contributed by atoms with E-state index in [0.717, 1.165) is 0 Å². The van der Waals surface area contributed by atoms with Crippen molar-refractivity contribution in [2.75, 3.05) is 6.54 Å². The maximum atomic E-state index is 12.1. The highest BCUT2D eigenvalue weighted by Crippen LogP contribution is 2.07. The molecule has 0 saturated heterocycles. The molecule has 18 heavy (non-hydrogen) atoms. The zero-order valence-corrected chi connectivity index (χ0v) is 10.3. The van der Waals surface area contributed by atoms with Gasteiger partial charge in [-0.15, -0.1) is 0 Å². The molecule has 98 valence electrons. The van der Waals surface area contributed by atoms with Crippen LogP contribution in [0.25, 0.3) is 0 Å². The Labute approximate surface area is 104 Å². The van der Waals surface area contributed by atoms with Crippen LogP contribution >= 0.6 is 0 Å². The van der Waals surface area contributed by atoms with Crippen LogP contribution in [0.15, 0.2) is 23.1 Å². The minimum absolute atomic E-state index is 0.0425. The summed E-state index contributed by atoms with van der Waals surface area (Å²) >= 11 is 0. The number of hydrogen-bond acceptors (Lipinski definition) is 3. The summed E-state index contributed by atoms with van der Waals surface area (Å²) in [4.78, 5) is 38.0. The molecule has 1 aromatic heterocycles. The third-order valence-electron chi connectivity index (χ3n) is 2.74. The van der Waals surface area contributed by atoms with Crippen molar-refractivity contribution in [3.8, 4) is 0 Å². The molecule has 2 N–H and O–H groups in total. The van der Waals surface area contributed by atoms with Gasteiger partial charge in [-0.3, -0.25) is 14.4 Å². The minimum atomic E-state index is -1.10. The molecular formula is C12H16N2O4. The minimum Gasteiger partial charge on any atom is -0.480 e. The molecule has 6 nitrogen and oxygen atoms in total. The molecule has 1 heterocycles. The van der Waals surface area contributed by atoms with Gasteiger partial charge in [0.25, 0.3) is 11.5 Å². The lowest BCUT2D eigenvalue weighted by atomic mass is 10.1. The molecule has 1 atom stereocenters. The molecule has 0 aliphatic rings. The van der Waals surface area contributed by atoms with E-state index in [1.165, 1.54) is 23.2 Å². The number of carbonyl (C=O) groups excluding carboxylic acids is 1. The fraction of sp³-hybridized carbons (Fsp3) is 0.417.